The van der Waals surface area contributed by atoms with Gasteiger partial charge < -0.3 is 127 Å². The predicted molar refractivity (Wildman–Crippen MR) is 348 cm³/mol. The molecule has 0 spiro atoms. The zero-order valence-corrected chi connectivity index (χ0v) is 55.7. The van der Waals surface area contributed by atoms with Crippen LogP contribution in [0.15, 0.2) is 78.9 Å². The second kappa shape index (κ2) is 31.8. The standard InChI is InChI=1S/C67H74Cl2N6O27/c1-24(2)10-36(71-3)63(94)73-50-39(82)14-29(17-47(70)84)61(92)72-49-28-15-43(97-41-8-5-26(52(50)85)12-34(41)68)59(101-67-58(91)56(89)60(46(22-77)100-67)102-66-57(90)55(88)54(87)45(21-76)99-66)44(16-28)98-42-9-6-27(13-35(42)69)53(86)51-64(95)75-65(96-23-78)33-18-30(79)19-38(81)48(33)32-11-25(4-7-37(32)80)31(20-40(49)83)62(93)74-51/h4-9,11-13,15-16,18-19,23-24,29,31,36,45-46,49-58,60,65-67,71,76-77,79-81,85-91H,10,14,17,20-22H2,1-3H3,(H2,70,84)(H,72,92)(H,73,94)(H,74,93)(H,75,95)/t29-,31?,36+,45+,46+,49+,50-,51-,52+,53?,54+,55-,56+,57+,58+,60+,65-,66?,67?/m0/s1. The lowest BCUT2D eigenvalue weighted by Crippen LogP contribution is -2.65. The normalized spacial score (nSPS) is 29.4. The number of halogens is 2. The van der Waals surface area contributed by atoms with Crippen molar-refractivity contribution in [3.05, 3.63) is 117 Å². The minimum Gasteiger partial charge on any atom is -0.508 e. The summed E-state index contributed by atoms with van der Waals surface area (Å²) in [6.45, 7) is 1.55. The third kappa shape index (κ3) is 16.0. The highest BCUT2D eigenvalue weighted by molar-refractivity contribution is 6.32. The van der Waals surface area contributed by atoms with Gasteiger partial charge in [0.2, 0.25) is 47.8 Å². The Hall–Kier alpha value is -8.88. The van der Waals surface area contributed by atoms with Crippen LogP contribution in [-0.2, 0) is 57.3 Å². The number of hydrogen-bond donors (Lipinski definition) is 18. The van der Waals surface area contributed by atoms with Crippen molar-refractivity contribution in [1.82, 2.24) is 26.6 Å². The molecular weight excluding hydrogens is 1390 g/mol. The van der Waals surface area contributed by atoms with Crippen LogP contribution in [0.5, 0.6) is 46.0 Å². The van der Waals surface area contributed by atoms with Gasteiger partial charge >= 0.3 is 0 Å². The molecule has 0 radical (unpaired) electrons. The van der Waals surface area contributed by atoms with E-state index in [1.54, 1.807) is 0 Å². The Bertz CT molecular complexity index is 4030. The van der Waals surface area contributed by atoms with Gasteiger partial charge in [-0.05, 0) is 96.2 Å². The topological polar surface area (TPSA) is 530 Å². The number of fused-ring (bicyclic) bond motifs is 15. The Kier molecular flexibility index (Phi) is 23.6. The van der Waals surface area contributed by atoms with Gasteiger partial charge in [-0.3, -0.25) is 38.4 Å². The molecule has 19 atom stereocenters. The van der Waals surface area contributed by atoms with Crippen LogP contribution >= 0.6 is 23.2 Å². The smallest absolute Gasteiger partial charge is 0.295 e. The summed E-state index contributed by atoms with van der Waals surface area (Å²) < 4.78 is 42.1. The van der Waals surface area contributed by atoms with Crippen molar-refractivity contribution < 1.29 is 133 Å². The van der Waals surface area contributed by atoms with Crippen LogP contribution in [0.3, 0.4) is 0 Å². The number of likely N-dealkylation sites (N-methyl/N-ethyl adjacent to an activating group) is 1. The zero-order chi connectivity index (χ0) is 74.0. The molecule has 548 valence electrons. The Balaban J connectivity index is 1.20. The van der Waals surface area contributed by atoms with Crippen molar-refractivity contribution in [2.24, 2.45) is 17.6 Å². The van der Waals surface area contributed by atoms with Crippen LogP contribution in [-0.4, -0.2) is 209 Å². The first kappa shape index (κ1) is 75.8. The molecule has 5 aromatic rings. The van der Waals surface area contributed by atoms with E-state index < -0.39 is 246 Å². The summed E-state index contributed by atoms with van der Waals surface area (Å²) >= 11 is 14.0. The molecule has 0 saturated carbocycles. The van der Waals surface area contributed by atoms with Gasteiger partial charge in [-0.25, -0.2) is 0 Å². The van der Waals surface area contributed by atoms with Gasteiger partial charge in [0.1, 0.15) is 108 Å². The maximum atomic E-state index is 16.1. The van der Waals surface area contributed by atoms with Crippen LogP contribution in [0, 0.1) is 11.8 Å². The Morgan fingerprint density at radius 1 is 0.667 bits per heavy atom. The van der Waals surface area contributed by atoms with Crippen molar-refractivity contribution >= 4 is 70.8 Å². The Labute approximate surface area is 588 Å². The molecule has 7 aliphatic rings. The second-order valence-corrected chi connectivity index (χ2v) is 26.2. The molecule has 0 aromatic heterocycles. The number of carbonyl (C=O) groups is 8. The quantitative estimate of drug-likeness (QED) is 0.0599. The molecule has 5 aromatic carbocycles. The van der Waals surface area contributed by atoms with Crippen LogP contribution < -0.4 is 46.5 Å². The summed E-state index contributed by atoms with van der Waals surface area (Å²) in [6.07, 6.45) is -28.8. The summed E-state index contributed by atoms with van der Waals surface area (Å²) in [4.78, 5) is 116. The SMILES string of the molecule is CN[C@H](CC(C)C)C(=O)N[C@H]1C(=O)C[C@@H](CC(N)=O)C(=O)N[C@H]2C(=O)CC3C(=O)N[C@H](C(=O)N[C@@H](OC=O)c4cc(O)cc(O)c4-c4cc3ccc4O)C(O)c3ccc(c(Cl)c3)Oc3cc2cc(c3OC2O[C@H](CO)[C@@H](OC3O[C@H](CO)[C@@H](O)[C@H](O)[C@H]3O)[C@H](O)[C@H]2O)Oc2ccc(cc2Cl)[C@H]1O. The van der Waals surface area contributed by atoms with Crippen LogP contribution in [0.4, 0.5) is 0 Å². The van der Waals surface area contributed by atoms with Crippen molar-refractivity contribution in [3.8, 4) is 57.1 Å². The number of aliphatic hydroxyl groups is 9. The first-order chi connectivity index (χ1) is 48.4. The van der Waals surface area contributed by atoms with E-state index in [0.717, 1.165) is 66.7 Å². The third-order valence-corrected chi connectivity index (χ3v) is 18.6. The molecule has 7 heterocycles. The predicted octanol–water partition coefficient (Wildman–Crippen LogP) is -0.285. The molecule has 0 aliphatic carbocycles. The molecule has 12 rings (SSSR count). The van der Waals surface area contributed by atoms with E-state index in [4.69, 9.17) is 62.1 Å². The van der Waals surface area contributed by atoms with Crippen LogP contribution in [0.25, 0.3) is 11.1 Å². The number of phenolic OH excluding ortho intramolecular Hbond substituents is 3. The first-order valence-corrected chi connectivity index (χ1v) is 32.6. The number of hydrogen-bond acceptors (Lipinski definition) is 28. The highest BCUT2D eigenvalue weighted by Gasteiger charge is 2.52. The van der Waals surface area contributed by atoms with Gasteiger partial charge in [-0.15, -0.1) is 0 Å². The van der Waals surface area contributed by atoms with E-state index in [-0.39, 0.29) is 57.4 Å². The number of ether oxygens (including phenoxy) is 7. The number of aromatic hydroxyl groups is 3. The van der Waals surface area contributed by atoms with Gasteiger partial charge in [-0.1, -0.05) is 55.2 Å². The molecule has 4 unspecified atom stereocenters. The van der Waals surface area contributed by atoms with Gasteiger partial charge in [-0.2, -0.15) is 0 Å². The highest BCUT2D eigenvalue weighted by Crippen LogP contribution is 2.50. The number of nitrogens with one attached hydrogen (secondary N) is 5. The number of Topliss-reactive ketones (excluding diaryl/α,β-unsaturated/α-hetero) is 2. The van der Waals surface area contributed by atoms with E-state index in [1.807, 2.05) is 13.8 Å². The fourth-order valence-electron chi connectivity index (χ4n) is 12.7. The number of nitrogens with two attached hydrogens (primary N) is 1. The molecular formula is C67H74Cl2N6O27. The molecule has 11 bridgehead atoms. The van der Waals surface area contributed by atoms with Crippen molar-refractivity contribution in [3.63, 3.8) is 0 Å². The maximum absolute atomic E-state index is 16.1. The number of carbonyl (C=O) groups excluding carboxylic acids is 8. The fourth-order valence-corrected chi connectivity index (χ4v) is 13.1. The minimum absolute atomic E-state index is 0.0875. The molecule has 5 amide bonds. The van der Waals surface area contributed by atoms with E-state index in [0.29, 0.717) is 0 Å². The molecule has 102 heavy (non-hydrogen) atoms. The van der Waals surface area contributed by atoms with E-state index in [9.17, 15) is 85.3 Å². The number of benzene rings is 5. The maximum Gasteiger partial charge on any atom is 0.295 e. The fraction of sp³-hybridized carbons (Fsp3) is 0.433. The molecule has 19 N–H and O–H groups in total. The van der Waals surface area contributed by atoms with Crippen molar-refractivity contribution in [1.29, 1.82) is 0 Å². The highest BCUT2D eigenvalue weighted by atomic mass is 35.5. The monoisotopic (exact) mass is 1460 g/mol. The number of rotatable bonds is 15. The number of phenols is 3. The average Bonchev–Trinajstić information content (AvgIpc) is 0.771. The number of primary amides is 1. The molecule has 2 saturated heterocycles. The van der Waals surface area contributed by atoms with E-state index in [1.165, 1.54) is 19.2 Å². The van der Waals surface area contributed by atoms with E-state index >= 15 is 14.4 Å². The molecule has 33 nitrogen and oxygen atoms in total. The minimum atomic E-state index is -2.31. The van der Waals surface area contributed by atoms with Crippen molar-refractivity contribution in [2.75, 3.05) is 20.3 Å². The summed E-state index contributed by atoms with van der Waals surface area (Å²) in [6, 6.07) is 6.74. The third-order valence-electron chi connectivity index (χ3n) is 18.0. The Morgan fingerprint density at radius 2 is 1.28 bits per heavy atom. The number of ketones is 2. The van der Waals surface area contributed by atoms with Gasteiger partial charge in [0, 0.05) is 42.0 Å². The average molecular weight is 1470 g/mol. The van der Waals surface area contributed by atoms with Crippen LogP contribution in [0.1, 0.15) is 97.7 Å². The summed E-state index contributed by atoms with van der Waals surface area (Å²) in [5.74, 6) is -16.8. The van der Waals surface area contributed by atoms with E-state index in [2.05, 4.69) is 26.6 Å². The summed E-state index contributed by atoms with van der Waals surface area (Å²) in [5, 5.41) is 147. The lowest BCUT2D eigenvalue weighted by atomic mass is 9.85. The lowest BCUT2D eigenvalue weighted by molar-refractivity contribution is -0.352. The zero-order valence-electron chi connectivity index (χ0n) is 54.2. The lowest BCUT2D eigenvalue weighted by Gasteiger charge is -2.45. The number of amides is 5. The summed E-state index contributed by atoms with van der Waals surface area (Å²) in [5.41, 5.74) is 3.58. The van der Waals surface area contributed by atoms with Gasteiger partial charge in [0.15, 0.2) is 29.4 Å². The van der Waals surface area contributed by atoms with Crippen molar-refractivity contribution in [2.45, 2.75) is 149 Å². The summed E-state index contributed by atoms with van der Waals surface area (Å²) in [7, 11) is 1.48. The van der Waals surface area contributed by atoms with Gasteiger partial charge in [0.05, 0.1) is 41.1 Å². The van der Waals surface area contributed by atoms with Gasteiger partial charge in [0.25, 0.3) is 6.47 Å². The van der Waals surface area contributed by atoms with Crippen LogP contribution in [0.2, 0.25) is 10.0 Å². The second-order valence-electron chi connectivity index (χ2n) is 25.4. The first-order valence-electron chi connectivity index (χ1n) is 31.9. The molecule has 7 aliphatic heterocycles. The molecule has 35 heteroatoms. The molecule has 2 fully saturated rings. The largest absolute Gasteiger partial charge is 0.508 e. The Morgan fingerprint density at radius 3 is 1.88 bits per heavy atom. The number of aliphatic hydroxyl groups excluding tert-OH is 9.